The minimum Gasteiger partial charge on any atom is -0.428 e. The van der Waals surface area contributed by atoms with Gasteiger partial charge < -0.3 is 19.3 Å². The molecule has 0 bridgehead atoms. The highest BCUT2D eigenvalue weighted by Crippen LogP contribution is 2.34. The summed E-state index contributed by atoms with van der Waals surface area (Å²) in [5.41, 5.74) is 1.68. The fourth-order valence-corrected chi connectivity index (χ4v) is 5.28. The summed E-state index contributed by atoms with van der Waals surface area (Å²) in [6, 6.07) is 24.9. The van der Waals surface area contributed by atoms with E-state index in [4.69, 9.17) is 9.47 Å². The predicted octanol–water partition coefficient (Wildman–Crippen LogP) is 6.23. The zero-order valence-corrected chi connectivity index (χ0v) is 21.3. The highest BCUT2D eigenvalue weighted by atomic mass is 32.2. The molecule has 0 N–H and O–H groups in total. The van der Waals surface area contributed by atoms with Crippen molar-refractivity contribution in [1.82, 2.24) is 0 Å². The Bertz CT molecular complexity index is 1020. The molecule has 0 aliphatic heterocycles. The summed E-state index contributed by atoms with van der Waals surface area (Å²) >= 11 is 0. The Labute approximate surface area is 200 Å². The van der Waals surface area contributed by atoms with Gasteiger partial charge in [0.2, 0.25) is 0 Å². The van der Waals surface area contributed by atoms with Crippen molar-refractivity contribution in [2.24, 2.45) is 0 Å². The number of nitrogens with zero attached hydrogens (tertiary/aromatic N) is 2. The summed E-state index contributed by atoms with van der Waals surface area (Å²) in [5.74, 6) is 0.467. The maximum atomic E-state index is 12.2. The summed E-state index contributed by atoms with van der Waals surface area (Å²) in [5, 5.41) is 0. The van der Waals surface area contributed by atoms with Crippen LogP contribution in [0.1, 0.15) is 20.8 Å². The molecule has 0 saturated heterocycles. The lowest BCUT2D eigenvalue weighted by Gasteiger charge is -2.18. The van der Waals surface area contributed by atoms with Gasteiger partial charge in [-0.2, -0.15) is 0 Å². The Kier molecular flexibility index (Phi) is 7.59. The molecule has 5 nitrogen and oxygen atoms in total. The average Bonchev–Trinajstić information content (AvgIpc) is 2.73. The molecule has 0 spiro atoms. The second-order valence-electron chi connectivity index (χ2n) is 9.12. The van der Waals surface area contributed by atoms with Crippen LogP contribution in [-0.4, -0.2) is 39.9 Å². The van der Waals surface area contributed by atoms with Gasteiger partial charge in [-0.25, -0.2) is 4.79 Å². The van der Waals surface area contributed by atoms with E-state index < -0.39 is 11.8 Å². The Morgan fingerprint density at radius 2 is 1.21 bits per heavy atom. The van der Waals surface area contributed by atoms with Gasteiger partial charge in [-0.05, 0) is 81.4 Å². The number of benzene rings is 3. The number of hydrogen-bond acceptors (Lipinski definition) is 5. The molecule has 0 fully saturated rings. The molecule has 33 heavy (non-hydrogen) atoms. The van der Waals surface area contributed by atoms with Crippen LogP contribution in [0.5, 0.6) is 5.75 Å². The second kappa shape index (κ2) is 10.2. The van der Waals surface area contributed by atoms with Crippen molar-refractivity contribution in [3.8, 4) is 5.75 Å². The minimum absolute atomic E-state index is 0.371. The van der Waals surface area contributed by atoms with Crippen molar-refractivity contribution in [1.29, 1.82) is 0 Å². The molecule has 0 saturated carbocycles. The molecule has 0 aromatic heterocycles. The van der Waals surface area contributed by atoms with Gasteiger partial charge in [-0.3, -0.25) is 0 Å². The standard InChI is InChI=1S/C27H33N2O3S/c1-27(2,3)32-26(30)31-22-9-8-10-25(19-22)33(23-15-11-20(12-16-23)28(4)5)24-17-13-21(14-18-24)29(6)7/h8-19H,1-7H3/q+1. The lowest BCUT2D eigenvalue weighted by Crippen LogP contribution is -2.26. The highest BCUT2D eigenvalue weighted by molar-refractivity contribution is 7.97. The first-order chi connectivity index (χ1) is 15.5. The fourth-order valence-electron chi connectivity index (χ4n) is 3.20. The van der Waals surface area contributed by atoms with E-state index in [0.29, 0.717) is 5.75 Å². The molecular weight excluding hydrogens is 432 g/mol. The smallest absolute Gasteiger partial charge is 0.428 e. The van der Waals surface area contributed by atoms with Crippen LogP contribution in [0, 0.1) is 0 Å². The molecule has 3 aromatic carbocycles. The largest absolute Gasteiger partial charge is 0.514 e. The fraction of sp³-hybridized carbons (Fsp3) is 0.296. The third-order valence-corrected chi connectivity index (χ3v) is 7.02. The van der Waals surface area contributed by atoms with Crippen LogP contribution < -0.4 is 14.5 Å². The lowest BCUT2D eigenvalue weighted by molar-refractivity contribution is 0.0206. The van der Waals surface area contributed by atoms with Crippen LogP contribution in [0.2, 0.25) is 0 Å². The normalized spacial score (nSPS) is 11.3. The van der Waals surface area contributed by atoms with E-state index in [-0.39, 0.29) is 10.9 Å². The number of rotatable bonds is 6. The third kappa shape index (κ3) is 6.68. The minimum atomic E-state index is -0.704. The van der Waals surface area contributed by atoms with Gasteiger partial charge in [0.05, 0.1) is 10.9 Å². The van der Waals surface area contributed by atoms with Crippen LogP contribution >= 0.6 is 0 Å². The number of carbonyl (C=O) groups excluding carboxylic acids is 1. The summed E-state index contributed by atoms with van der Waals surface area (Å²) in [4.78, 5) is 19.8. The maximum absolute atomic E-state index is 12.2. The number of anilines is 2. The van der Waals surface area contributed by atoms with Crippen LogP contribution in [-0.2, 0) is 15.6 Å². The molecule has 0 atom stereocenters. The highest BCUT2D eigenvalue weighted by Gasteiger charge is 2.30. The SMILES string of the molecule is CN(C)c1ccc([S+](c2ccc(N(C)C)cc2)c2cccc(OC(=O)OC(C)(C)C)c2)cc1. The Balaban J connectivity index is 1.99. The molecule has 0 aliphatic carbocycles. The molecule has 0 heterocycles. The molecule has 3 rings (SSSR count). The van der Waals surface area contributed by atoms with Gasteiger partial charge in [-0.15, -0.1) is 0 Å². The number of ether oxygens (including phenoxy) is 2. The molecule has 3 aromatic rings. The molecule has 0 amide bonds. The second-order valence-corrected chi connectivity index (χ2v) is 11.2. The predicted molar refractivity (Wildman–Crippen MR) is 137 cm³/mol. The zero-order chi connectivity index (χ0) is 24.2. The first kappa shape index (κ1) is 24.5. The first-order valence-electron chi connectivity index (χ1n) is 10.8. The maximum Gasteiger partial charge on any atom is 0.514 e. The van der Waals surface area contributed by atoms with E-state index in [1.165, 1.54) is 9.79 Å². The third-order valence-electron chi connectivity index (χ3n) is 4.81. The Morgan fingerprint density at radius 3 is 1.64 bits per heavy atom. The van der Waals surface area contributed by atoms with Gasteiger partial charge >= 0.3 is 6.16 Å². The molecular formula is C27H33N2O3S+. The quantitative estimate of drug-likeness (QED) is 0.245. The topological polar surface area (TPSA) is 42.0 Å². The van der Waals surface area contributed by atoms with E-state index in [2.05, 4.69) is 64.4 Å². The Morgan fingerprint density at radius 1 is 0.727 bits per heavy atom. The van der Waals surface area contributed by atoms with E-state index in [1.807, 2.05) is 61.1 Å². The van der Waals surface area contributed by atoms with Gasteiger partial charge in [0.25, 0.3) is 0 Å². The van der Waals surface area contributed by atoms with Crippen molar-refractivity contribution < 1.29 is 14.3 Å². The molecule has 0 radical (unpaired) electrons. The van der Waals surface area contributed by atoms with Crippen molar-refractivity contribution in [3.63, 3.8) is 0 Å². The van der Waals surface area contributed by atoms with Crippen molar-refractivity contribution >= 4 is 28.4 Å². The van der Waals surface area contributed by atoms with E-state index >= 15 is 0 Å². The molecule has 0 unspecified atom stereocenters. The summed E-state index contributed by atoms with van der Waals surface area (Å²) in [6.07, 6.45) is -0.704. The average molecular weight is 466 g/mol. The van der Waals surface area contributed by atoms with Crippen LogP contribution in [0.25, 0.3) is 0 Å². The van der Waals surface area contributed by atoms with Crippen LogP contribution in [0.3, 0.4) is 0 Å². The summed E-state index contributed by atoms with van der Waals surface area (Å²) < 4.78 is 10.8. The van der Waals surface area contributed by atoms with Crippen LogP contribution in [0.4, 0.5) is 16.2 Å². The monoisotopic (exact) mass is 465 g/mol. The zero-order valence-electron chi connectivity index (χ0n) is 20.5. The van der Waals surface area contributed by atoms with Crippen molar-refractivity contribution in [2.45, 2.75) is 41.1 Å². The van der Waals surface area contributed by atoms with E-state index in [9.17, 15) is 4.79 Å². The van der Waals surface area contributed by atoms with Crippen LogP contribution in [0.15, 0.2) is 87.5 Å². The number of carbonyl (C=O) groups is 1. The van der Waals surface area contributed by atoms with Crippen molar-refractivity contribution in [2.75, 3.05) is 38.0 Å². The van der Waals surface area contributed by atoms with E-state index in [1.54, 1.807) is 6.07 Å². The molecule has 6 heteroatoms. The number of hydrogen-bond donors (Lipinski definition) is 0. The molecule has 0 aliphatic rings. The Hall–Kier alpha value is -3.12. The van der Waals surface area contributed by atoms with Gasteiger partial charge in [0, 0.05) is 45.6 Å². The van der Waals surface area contributed by atoms with E-state index in [0.717, 1.165) is 16.3 Å². The summed E-state index contributed by atoms with van der Waals surface area (Å²) in [6.45, 7) is 5.45. The van der Waals surface area contributed by atoms with Crippen molar-refractivity contribution in [3.05, 3.63) is 72.8 Å². The van der Waals surface area contributed by atoms with Gasteiger partial charge in [-0.1, -0.05) is 6.07 Å². The van der Waals surface area contributed by atoms with Gasteiger partial charge in [0.15, 0.2) is 14.7 Å². The lowest BCUT2D eigenvalue weighted by atomic mass is 10.2. The van der Waals surface area contributed by atoms with Gasteiger partial charge in [0.1, 0.15) is 11.4 Å². The first-order valence-corrected chi connectivity index (χ1v) is 12.1. The molecule has 174 valence electrons. The summed E-state index contributed by atoms with van der Waals surface area (Å²) in [7, 11) is 7.76.